The van der Waals surface area contributed by atoms with E-state index in [1.165, 1.54) is 11.3 Å². The summed E-state index contributed by atoms with van der Waals surface area (Å²) in [5.74, 6) is 2.88. The van der Waals surface area contributed by atoms with Crippen LogP contribution in [0.2, 0.25) is 0 Å². The second-order valence-corrected chi connectivity index (χ2v) is 6.80. The highest BCUT2D eigenvalue weighted by molar-refractivity contribution is 14.0. The van der Waals surface area contributed by atoms with Crippen LogP contribution >= 0.6 is 35.7 Å². The fourth-order valence-electron chi connectivity index (χ4n) is 2.41. The van der Waals surface area contributed by atoms with Gasteiger partial charge in [-0.1, -0.05) is 6.08 Å². The van der Waals surface area contributed by atoms with E-state index in [4.69, 9.17) is 0 Å². The molecular formula is C17H32IN5S. The van der Waals surface area contributed by atoms with E-state index in [-0.39, 0.29) is 24.0 Å². The molecule has 0 fully saturated rings. The maximum absolute atomic E-state index is 4.64. The molecule has 0 aliphatic heterocycles. The number of hydrogen-bond acceptors (Lipinski definition) is 3. The maximum atomic E-state index is 4.64. The Balaban J connectivity index is 0.00000529. The summed E-state index contributed by atoms with van der Waals surface area (Å²) in [6.07, 6.45) is 2.87. The number of rotatable bonds is 9. The monoisotopic (exact) mass is 465 g/mol. The molecule has 0 bridgehead atoms. The Morgan fingerprint density at radius 3 is 2.71 bits per heavy atom. The minimum Gasteiger partial charge on any atom is -0.357 e. The molecule has 0 radical (unpaired) electrons. The molecule has 1 heterocycles. The van der Waals surface area contributed by atoms with Crippen molar-refractivity contribution in [2.45, 2.75) is 40.2 Å². The lowest BCUT2D eigenvalue weighted by Gasteiger charge is -2.18. The van der Waals surface area contributed by atoms with E-state index in [0.717, 1.165) is 42.7 Å². The first-order valence-electron chi connectivity index (χ1n) is 8.22. The van der Waals surface area contributed by atoms with Crippen LogP contribution < -0.4 is 10.6 Å². The first kappa shape index (κ1) is 23.3. The van der Waals surface area contributed by atoms with E-state index in [1.54, 1.807) is 0 Å². The van der Waals surface area contributed by atoms with Crippen LogP contribution in [0.3, 0.4) is 0 Å². The Kier molecular flexibility index (Phi) is 12.3. The first-order chi connectivity index (χ1) is 11.0. The summed E-state index contributed by atoms with van der Waals surface area (Å²) < 4.78 is 1.95. The lowest BCUT2D eigenvalue weighted by molar-refractivity contribution is 0.636. The quantitative estimate of drug-likeness (QED) is 0.194. The van der Waals surface area contributed by atoms with E-state index < -0.39 is 0 Å². The number of aromatic nitrogens is 2. The summed E-state index contributed by atoms with van der Waals surface area (Å²) in [7, 11) is 2.00. The molecule has 1 aromatic heterocycles. The molecule has 0 aromatic carbocycles. The zero-order valence-corrected chi connectivity index (χ0v) is 18.7. The van der Waals surface area contributed by atoms with Crippen molar-refractivity contribution in [1.82, 2.24) is 20.4 Å². The zero-order chi connectivity index (χ0) is 17.2. The average molecular weight is 465 g/mol. The van der Waals surface area contributed by atoms with Gasteiger partial charge < -0.3 is 10.6 Å². The number of thioether (sulfide) groups is 1. The van der Waals surface area contributed by atoms with Crippen LogP contribution in [0.15, 0.2) is 17.6 Å². The molecule has 138 valence electrons. The fourth-order valence-corrected chi connectivity index (χ4v) is 2.97. The Hall–Kier alpha value is -0.700. The van der Waals surface area contributed by atoms with Crippen molar-refractivity contribution < 1.29 is 0 Å². The third kappa shape index (κ3) is 7.92. The highest BCUT2D eigenvalue weighted by Crippen LogP contribution is 2.14. The molecule has 0 saturated heterocycles. The summed E-state index contributed by atoms with van der Waals surface area (Å²) in [6.45, 7) is 13.9. The lowest BCUT2D eigenvalue weighted by Crippen LogP contribution is -2.43. The molecule has 0 aliphatic carbocycles. The minimum atomic E-state index is 0. The van der Waals surface area contributed by atoms with Gasteiger partial charge in [0.2, 0.25) is 0 Å². The maximum Gasteiger partial charge on any atom is 0.191 e. The van der Waals surface area contributed by atoms with Gasteiger partial charge in [-0.15, -0.1) is 30.6 Å². The van der Waals surface area contributed by atoms with Crippen molar-refractivity contribution in [3.05, 3.63) is 29.6 Å². The predicted molar refractivity (Wildman–Crippen MR) is 118 cm³/mol. The topological polar surface area (TPSA) is 54.2 Å². The molecule has 1 atom stereocenters. The van der Waals surface area contributed by atoms with Gasteiger partial charge in [0.05, 0.1) is 12.2 Å². The largest absolute Gasteiger partial charge is 0.357 e. The van der Waals surface area contributed by atoms with E-state index in [0.29, 0.717) is 6.04 Å². The summed E-state index contributed by atoms with van der Waals surface area (Å²) in [6, 6.07) is 0.301. The number of aliphatic imine (C=N–C) groups is 1. The van der Waals surface area contributed by atoms with Crippen LogP contribution in [0.5, 0.6) is 0 Å². The van der Waals surface area contributed by atoms with Gasteiger partial charge in [-0.25, -0.2) is 0 Å². The lowest BCUT2D eigenvalue weighted by atomic mass is 10.1. The molecule has 7 heteroatoms. The Labute approximate surface area is 168 Å². The number of guanidine groups is 1. The van der Waals surface area contributed by atoms with Gasteiger partial charge in [0, 0.05) is 36.8 Å². The highest BCUT2D eigenvalue weighted by atomic mass is 127. The van der Waals surface area contributed by atoms with Crippen LogP contribution in [0.1, 0.15) is 30.8 Å². The summed E-state index contributed by atoms with van der Waals surface area (Å²) in [5, 5.41) is 11.3. The third-order valence-electron chi connectivity index (χ3n) is 3.64. The van der Waals surface area contributed by atoms with Crippen molar-refractivity contribution in [3.8, 4) is 0 Å². The summed E-state index contributed by atoms with van der Waals surface area (Å²) in [4.78, 5) is 4.64. The van der Waals surface area contributed by atoms with E-state index in [9.17, 15) is 0 Å². The van der Waals surface area contributed by atoms with Gasteiger partial charge in [-0.05, 0) is 39.7 Å². The molecule has 5 nitrogen and oxygen atoms in total. The van der Waals surface area contributed by atoms with Crippen LogP contribution in [0.4, 0.5) is 0 Å². The van der Waals surface area contributed by atoms with Crippen molar-refractivity contribution in [1.29, 1.82) is 0 Å². The average Bonchev–Trinajstić information content (AvgIpc) is 2.73. The van der Waals surface area contributed by atoms with Crippen molar-refractivity contribution in [3.63, 3.8) is 0 Å². The Morgan fingerprint density at radius 1 is 1.46 bits per heavy atom. The predicted octanol–water partition coefficient (Wildman–Crippen LogP) is 3.06. The molecule has 1 unspecified atom stereocenters. The summed E-state index contributed by atoms with van der Waals surface area (Å²) >= 11 is 1.85. The molecular weight excluding hydrogens is 433 g/mol. The zero-order valence-electron chi connectivity index (χ0n) is 15.6. The normalized spacial score (nSPS) is 12.5. The van der Waals surface area contributed by atoms with Crippen LogP contribution in [0, 0.1) is 13.8 Å². The molecule has 0 spiro atoms. The van der Waals surface area contributed by atoms with Crippen LogP contribution in [-0.4, -0.2) is 46.4 Å². The standard InChI is InChI=1S/C17H31N5S.HI/c1-7-10-23-11-9-19-17(18-8-2)20-13(3)12-16-14(4)21-22(6)15(16)5;/h7,13H,1,8-12H2,2-6H3,(H2,18,19,20);1H. The summed E-state index contributed by atoms with van der Waals surface area (Å²) in [5.41, 5.74) is 3.67. The number of hydrogen-bond donors (Lipinski definition) is 2. The van der Waals surface area contributed by atoms with Crippen molar-refractivity contribution in [2.75, 3.05) is 24.6 Å². The second-order valence-electron chi connectivity index (χ2n) is 5.65. The van der Waals surface area contributed by atoms with Gasteiger partial charge in [-0.2, -0.15) is 16.9 Å². The van der Waals surface area contributed by atoms with Gasteiger partial charge in [0.25, 0.3) is 0 Å². The van der Waals surface area contributed by atoms with E-state index in [1.807, 2.05) is 29.6 Å². The molecule has 1 rings (SSSR count). The number of nitrogens with zero attached hydrogens (tertiary/aromatic N) is 3. The van der Waals surface area contributed by atoms with E-state index in [2.05, 4.69) is 55.0 Å². The number of aryl methyl sites for hydroxylation is 2. The van der Waals surface area contributed by atoms with E-state index >= 15 is 0 Å². The molecule has 0 aliphatic rings. The number of nitrogens with one attached hydrogen (secondary N) is 2. The van der Waals surface area contributed by atoms with Gasteiger partial charge >= 0.3 is 0 Å². The number of halogens is 1. The Morgan fingerprint density at radius 2 is 2.17 bits per heavy atom. The molecule has 0 amide bonds. The van der Waals surface area contributed by atoms with Crippen molar-refractivity contribution >= 4 is 41.7 Å². The SMILES string of the molecule is C=CCSCCN=C(NCC)NC(C)Cc1c(C)nn(C)c1C.I. The fraction of sp³-hybridized carbons (Fsp3) is 0.647. The Bertz CT molecular complexity index is 527. The van der Waals surface area contributed by atoms with Gasteiger partial charge in [-0.3, -0.25) is 9.67 Å². The highest BCUT2D eigenvalue weighted by Gasteiger charge is 2.13. The molecule has 24 heavy (non-hydrogen) atoms. The van der Waals surface area contributed by atoms with Crippen LogP contribution in [0.25, 0.3) is 0 Å². The van der Waals surface area contributed by atoms with Crippen molar-refractivity contribution in [2.24, 2.45) is 12.0 Å². The van der Waals surface area contributed by atoms with Gasteiger partial charge in [0.15, 0.2) is 5.96 Å². The van der Waals surface area contributed by atoms with Gasteiger partial charge in [0.1, 0.15) is 0 Å². The first-order valence-corrected chi connectivity index (χ1v) is 9.37. The molecule has 1 aromatic rings. The molecule has 0 saturated carbocycles. The molecule has 2 N–H and O–H groups in total. The minimum absolute atomic E-state index is 0. The van der Waals surface area contributed by atoms with Crippen LogP contribution in [-0.2, 0) is 13.5 Å². The smallest absolute Gasteiger partial charge is 0.191 e. The second kappa shape index (κ2) is 12.6. The third-order valence-corrected chi connectivity index (χ3v) is 4.58.